The van der Waals surface area contributed by atoms with Gasteiger partial charge in [0, 0.05) is 18.9 Å². The van der Waals surface area contributed by atoms with Gasteiger partial charge in [-0.3, -0.25) is 19.2 Å². The molecule has 0 saturated carbocycles. The van der Waals surface area contributed by atoms with E-state index in [4.69, 9.17) is 9.47 Å². The minimum atomic E-state index is -1.11. The van der Waals surface area contributed by atoms with E-state index in [2.05, 4.69) is 12.2 Å². The standard InChI is InChI=1S/C27H41NO6/c1-5-8-9-10-11-12-24(30)23-15-13-22(14-16-23)17-18-27(28-21(4)29,19-25(31)33-6-2)20-26(32)34-7-3/h13-16H,5-12,17-20H2,1-4H3,(H,28,29). The van der Waals surface area contributed by atoms with Gasteiger partial charge < -0.3 is 14.8 Å². The fourth-order valence-corrected chi connectivity index (χ4v) is 4.01. The molecular weight excluding hydrogens is 434 g/mol. The average molecular weight is 476 g/mol. The van der Waals surface area contributed by atoms with Crippen molar-refractivity contribution in [2.45, 2.75) is 97.4 Å². The maximum atomic E-state index is 12.4. The Balaban J connectivity index is 2.88. The second-order valence-corrected chi connectivity index (χ2v) is 8.71. The Bertz CT molecular complexity index is 767. The number of carbonyl (C=O) groups is 4. The normalized spacial score (nSPS) is 11.1. The molecule has 0 aromatic heterocycles. The molecule has 0 atom stereocenters. The third-order valence-electron chi connectivity index (χ3n) is 5.69. The Morgan fingerprint density at radius 3 is 1.88 bits per heavy atom. The number of carbonyl (C=O) groups excluding carboxylic acids is 4. The quantitative estimate of drug-likeness (QED) is 0.195. The van der Waals surface area contributed by atoms with Crippen LogP contribution in [-0.2, 0) is 30.3 Å². The van der Waals surface area contributed by atoms with E-state index in [0.717, 1.165) is 24.8 Å². The zero-order chi connectivity index (χ0) is 25.4. The van der Waals surface area contributed by atoms with Crippen LogP contribution in [0, 0.1) is 0 Å². The summed E-state index contributed by atoms with van der Waals surface area (Å²) in [6.45, 7) is 7.36. The van der Waals surface area contributed by atoms with Gasteiger partial charge in [-0.05, 0) is 38.7 Å². The van der Waals surface area contributed by atoms with E-state index in [0.29, 0.717) is 24.8 Å². The summed E-state index contributed by atoms with van der Waals surface area (Å²) in [7, 11) is 0. The molecule has 34 heavy (non-hydrogen) atoms. The number of nitrogens with one attached hydrogen (secondary N) is 1. The van der Waals surface area contributed by atoms with E-state index in [1.807, 2.05) is 24.3 Å². The van der Waals surface area contributed by atoms with Crippen molar-refractivity contribution in [3.63, 3.8) is 0 Å². The van der Waals surface area contributed by atoms with Crippen LogP contribution in [0.25, 0.3) is 0 Å². The van der Waals surface area contributed by atoms with E-state index < -0.39 is 17.5 Å². The number of ether oxygens (including phenoxy) is 2. The number of benzene rings is 1. The smallest absolute Gasteiger partial charge is 0.308 e. The van der Waals surface area contributed by atoms with Gasteiger partial charge in [-0.25, -0.2) is 0 Å². The third kappa shape index (κ3) is 11.4. The molecule has 1 rings (SSSR count). The molecule has 190 valence electrons. The van der Waals surface area contributed by atoms with Gasteiger partial charge in [-0.15, -0.1) is 0 Å². The number of unbranched alkanes of at least 4 members (excludes halogenated alkanes) is 4. The first kappa shape index (κ1) is 29.3. The number of esters is 2. The van der Waals surface area contributed by atoms with Crippen LogP contribution in [0.2, 0.25) is 0 Å². The second-order valence-electron chi connectivity index (χ2n) is 8.71. The molecule has 7 nitrogen and oxygen atoms in total. The van der Waals surface area contributed by atoms with Crippen LogP contribution in [0.15, 0.2) is 24.3 Å². The lowest BCUT2D eigenvalue weighted by molar-refractivity contribution is -0.148. The lowest BCUT2D eigenvalue weighted by atomic mass is 9.84. The van der Waals surface area contributed by atoms with Crippen molar-refractivity contribution < 1.29 is 28.7 Å². The number of hydrogen-bond acceptors (Lipinski definition) is 6. The Kier molecular flexibility index (Phi) is 13.8. The average Bonchev–Trinajstić information content (AvgIpc) is 2.77. The molecule has 0 fully saturated rings. The van der Waals surface area contributed by atoms with Crippen LogP contribution in [0.1, 0.15) is 101 Å². The molecule has 0 bridgehead atoms. The number of Topliss-reactive ketones (excluding diaryl/α,β-unsaturated/α-hetero) is 1. The molecule has 1 N–H and O–H groups in total. The Labute approximate surface area is 204 Å². The maximum absolute atomic E-state index is 12.4. The van der Waals surface area contributed by atoms with Crippen molar-refractivity contribution in [2.75, 3.05) is 13.2 Å². The van der Waals surface area contributed by atoms with Crippen LogP contribution < -0.4 is 5.32 Å². The van der Waals surface area contributed by atoms with Crippen molar-refractivity contribution in [1.29, 1.82) is 0 Å². The number of ketones is 1. The number of hydrogen-bond donors (Lipinski definition) is 1. The Hall–Kier alpha value is -2.70. The van der Waals surface area contributed by atoms with E-state index in [1.165, 1.54) is 19.8 Å². The highest BCUT2D eigenvalue weighted by Gasteiger charge is 2.37. The second kappa shape index (κ2) is 16.0. The van der Waals surface area contributed by atoms with Gasteiger partial charge in [0.25, 0.3) is 0 Å². The Morgan fingerprint density at radius 2 is 1.38 bits per heavy atom. The van der Waals surface area contributed by atoms with Gasteiger partial charge in [0.15, 0.2) is 5.78 Å². The first-order valence-electron chi connectivity index (χ1n) is 12.5. The van der Waals surface area contributed by atoms with Crippen LogP contribution in [0.4, 0.5) is 0 Å². The number of rotatable bonds is 17. The van der Waals surface area contributed by atoms with Crippen LogP contribution in [-0.4, -0.2) is 42.4 Å². The van der Waals surface area contributed by atoms with E-state index in [-0.39, 0.29) is 37.7 Å². The highest BCUT2D eigenvalue weighted by atomic mass is 16.5. The summed E-state index contributed by atoms with van der Waals surface area (Å²) in [5.74, 6) is -1.17. The minimum absolute atomic E-state index is 0.131. The molecule has 0 heterocycles. The van der Waals surface area contributed by atoms with Gasteiger partial charge in [0.2, 0.25) is 5.91 Å². The zero-order valence-corrected chi connectivity index (χ0v) is 21.2. The predicted octanol–water partition coefficient (Wildman–Crippen LogP) is 4.94. The molecule has 1 aromatic carbocycles. The van der Waals surface area contributed by atoms with Crippen molar-refractivity contribution in [3.8, 4) is 0 Å². The SMILES string of the molecule is CCCCCCCC(=O)c1ccc(CCC(CC(=O)OCC)(CC(=O)OCC)NC(C)=O)cc1. The maximum Gasteiger partial charge on any atom is 0.308 e. The minimum Gasteiger partial charge on any atom is -0.466 e. The molecule has 0 aliphatic carbocycles. The third-order valence-corrected chi connectivity index (χ3v) is 5.69. The molecule has 0 unspecified atom stereocenters. The van der Waals surface area contributed by atoms with Crippen molar-refractivity contribution in [2.24, 2.45) is 0 Å². The van der Waals surface area contributed by atoms with E-state index in [1.54, 1.807) is 13.8 Å². The number of amides is 1. The molecule has 1 amide bonds. The number of aryl methyl sites for hydroxylation is 1. The zero-order valence-electron chi connectivity index (χ0n) is 21.2. The van der Waals surface area contributed by atoms with Gasteiger partial charge in [-0.1, -0.05) is 56.9 Å². The van der Waals surface area contributed by atoms with Gasteiger partial charge in [-0.2, -0.15) is 0 Å². The van der Waals surface area contributed by atoms with Crippen LogP contribution >= 0.6 is 0 Å². The van der Waals surface area contributed by atoms with Gasteiger partial charge in [0.1, 0.15) is 0 Å². The van der Waals surface area contributed by atoms with Crippen LogP contribution in [0.5, 0.6) is 0 Å². The van der Waals surface area contributed by atoms with Crippen molar-refractivity contribution in [1.82, 2.24) is 5.32 Å². The summed E-state index contributed by atoms with van der Waals surface area (Å²) in [5.41, 5.74) is 0.518. The molecule has 0 aliphatic rings. The van der Waals surface area contributed by atoms with Crippen molar-refractivity contribution >= 4 is 23.6 Å². The predicted molar refractivity (Wildman–Crippen MR) is 132 cm³/mol. The molecule has 1 aromatic rings. The molecule has 7 heteroatoms. The molecule has 0 spiro atoms. The highest BCUT2D eigenvalue weighted by Crippen LogP contribution is 2.25. The Morgan fingerprint density at radius 1 is 0.824 bits per heavy atom. The van der Waals surface area contributed by atoms with E-state index in [9.17, 15) is 19.2 Å². The van der Waals surface area contributed by atoms with Crippen molar-refractivity contribution in [3.05, 3.63) is 35.4 Å². The van der Waals surface area contributed by atoms with Gasteiger partial charge >= 0.3 is 11.9 Å². The fourth-order valence-electron chi connectivity index (χ4n) is 4.01. The van der Waals surface area contributed by atoms with Crippen LogP contribution in [0.3, 0.4) is 0 Å². The largest absolute Gasteiger partial charge is 0.466 e. The lowest BCUT2D eigenvalue weighted by Gasteiger charge is -2.33. The van der Waals surface area contributed by atoms with E-state index >= 15 is 0 Å². The summed E-state index contributed by atoms with van der Waals surface area (Å²) in [5, 5.41) is 2.81. The first-order chi connectivity index (χ1) is 16.2. The fraction of sp³-hybridized carbons (Fsp3) is 0.630. The summed E-state index contributed by atoms with van der Waals surface area (Å²) < 4.78 is 10.2. The molecule has 0 saturated heterocycles. The molecule has 0 radical (unpaired) electrons. The topological polar surface area (TPSA) is 98.8 Å². The van der Waals surface area contributed by atoms with Gasteiger partial charge in [0.05, 0.1) is 31.6 Å². The summed E-state index contributed by atoms with van der Waals surface area (Å²) >= 11 is 0. The summed E-state index contributed by atoms with van der Waals surface area (Å²) in [4.78, 5) is 49.0. The molecule has 0 aliphatic heterocycles. The first-order valence-corrected chi connectivity index (χ1v) is 12.5. The summed E-state index contributed by atoms with van der Waals surface area (Å²) in [6.07, 6.45) is 6.66. The lowest BCUT2D eigenvalue weighted by Crippen LogP contribution is -2.51. The highest BCUT2D eigenvalue weighted by molar-refractivity contribution is 5.96. The molecular formula is C27H41NO6. The summed E-state index contributed by atoms with van der Waals surface area (Å²) in [6, 6.07) is 7.41. The monoisotopic (exact) mass is 475 g/mol.